The van der Waals surface area contributed by atoms with Crippen molar-refractivity contribution in [1.29, 1.82) is 0 Å². The number of rotatable bonds is 7. The number of hydrogen-bond acceptors (Lipinski definition) is 3. The summed E-state index contributed by atoms with van der Waals surface area (Å²) in [4.78, 5) is 11.9. The zero-order valence-electron chi connectivity index (χ0n) is 11.8. The van der Waals surface area contributed by atoms with Gasteiger partial charge in [-0.05, 0) is 24.5 Å². The molecule has 1 aliphatic rings. The number of carbonyl (C=O) groups is 1. The molecule has 1 fully saturated rings. The fourth-order valence-electron chi connectivity index (χ4n) is 2.15. The van der Waals surface area contributed by atoms with E-state index in [0.717, 1.165) is 17.2 Å². The highest BCUT2D eigenvalue weighted by molar-refractivity contribution is 7.98. The Morgan fingerprint density at radius 3 is 2.90 bits per heavy atom. The van der Waals surface area contributed by atoms with Crippen LogP contribution >= 0.6 is 11.8 Å². The Balaban J connectivity index is 1.35. The van der Waals surface area contributed by atoms with Crippen molar-refractivity contribution in [2.45, 2.75) is 24.5 Å². The second kappa shape index (κ2) is 6.80. The van der Waals surface area contributed by atoms with E-state index < -0.39 is 0 Å². The second-order valence-corrected chi connectivity index (χ2v) is 6.38. The molecule has 1 aromatic carbocycles. The molecule has 0 saturated heterocycles. The number of carbonyl (C=O) groups excluding carboxylic acids is 1. The maximum atomic E-state index is 11.9. The normalized spacial score (nSPS) is 14.1. The number of nitrogens with one attached hydrogen (secondary N) is 2. The van der Waals surface area contributed by atoms with Crippen LogP contribution in [0.3, 0.4) is 0 Å². The molecular weight excluding hydrogens is 282 g/mol. The third-order valence-corrected chi connectivity index (χ3v) is 4.52. The van der Waals surface area contributed by atoms with E-state index in [4.69, 9.17) is 0 Å². The van der Waals surface area contributed by atoms with Crippen LogP contribution in [0.5, 0.6) is 0 Å². The van der Waals surface area contributed by atoms with Crippen LogP contribution in [0.25, 0.3) is 0 Å². The summed E-state index contributed by atoms with van der Waals surface area (Å²) in [5.41, 5.74) is 2.92. The van der Waals surface area contributed by atoms with E-state index in [0.29, 0.717) is 18.2 Å². The minimum absolute atomic E-state index is 0.0848. The summed E-state index contributed by atoms with van der Waals surface area (Å²) in [6.45, 7) is 0.669. The fourth-order valence-corrected chi connectivity index (χ4v) is 2.97. The monoisotopic (exact) mass is 301 g/mol. The van der Waals surface area contributed by atoms with Crippen molar-refractivity contribution in [2.75, 3.05) is 12.3 Å². The molecule has 0 aliphatic heterocycles. The SMILES string of the molecule is O=C(NCCSCc1ccccc1)c1cc(C2CC2)[nH]n1. The highest BCUT2D eigenvalue weighted by Gasteiger charge is 2.26. The van der Waals surface area contributed by atoms with Crippen LogP contribution in [-0.2, 0) is 5.75 Å². The van der Waals surface area contributed by atoms with Gasteiger partial charge in [-0.1, -0.05) is 30.3 Å². The van der Waals surface area contributed by atoms with Gasteiger partial charge in [-0.15, -0.1) is 0 Å². The number of thioether (sulfide) groups is 1. The predicted molar refractivity (Wildman–Crippen MR) is 85.5 cm³/mol. The number of H-pyrrole nitrogens is 1. The number of amides is 1. The molecule has 1 aromatic heterocycles. The van der Waals surface area contributed by atoms with E-state index in [2.05, 4.69) is 27.6 Å². The second-order valence-electron chi connectivity index (χ2n) is 5.28. The maximum absolute atomic E-state index is 11.9. The van der Waals surface area contributed by atoms with Gasteiger partial charge >= 0.3 is 0 Å². The number of benzene rings is 1. The van der Waals surface area contributed by atoms with Gasteiger partial charge in [0.25, 0.3) is 5.91 Å². The summed E-state index contributed by atoms with van der Waals surface area (Å²) < 4.78 is 0. The smallest absolute Gasteiger partial charge is 0.271 e. The lowest BCUT2D eigenvalue weighted by Crippen LogP contribution is -2.26. The molecule has 2 aromatic rings. The van der Waals surface area contributed by atoms with Crippen molar-refractivity contribution in [3.05, 3.63) is 53.3 Å². The van der Waals surface area contributed by atoms with Crippen molar-refractivity contribution in [3.8, 4) is 0 Å². The van der Waals surface area contributed by atoms with Crippen LogP contribution in [0.2, 0.25) is 0 Å². The van der Waals surface area contributed by atoms with Crippen molar-refractivity contribution in [3.63, 3.8) is 0 Å². The molecule has 1 saturated carbocycles. The molecular formula is C16H19N3OS. The average molecular weight is 301 g/mol. The van der Waals surface area contributed by atoms with Crippen LogP contribution in [0.4, 0.5) is 0 Å². The van der Waals surface area contributed by atoms with Gasteiger partial charge in [-0.2, -0.15) is 16.9 Å². The first-order valence-electron chi connectivity index (χ1n) is 7.28. The summed E-state index contributed by atoms with van der Waals surface area (Å²) in [5.74, 6) is 2.39. The van der Waals surface area contributed by atoms with Crippen LogP contribution in [-0.4, -0.2) is 28.4 Å². The maximum Gasteiger partial charge on any atom is 0.271 e. The van der Waals surface area contributed by atoms with Crippen LogP contribution in [0, 0.1) is 0 Å². The van der Waals surface area contributed by atoms with Gasteiger partial charge in [0.2, 0.25) is 0 Å². The molecule has 4 nitrogen and oxygen atoms in total. The molecule has 0 spiro atoms. The third-order valence-electron chi connectivity index (χ3n) is 3.49. The number of aromatic amines is 1. The van der Waals surface area contributed by atoms with Gasteiger partial charge in [0, 0.05) is 29.7 Å². The first-order chi connectivity index (χ1) is 10.3. The zero-order valence-corrected chi connectivity index (χ0v) is 12.7. The van der Waals surface area contributed by atoms with Crippen LogP contribution < -0.4 is 5.32 Å². The van der Waals surface area contributed by atoms with Gasteiger partial charge in [0.05, 0.1) is 0 Å². The number of nitrogens with zero attached hydrogens (tertiary/aromatic N) is 1. The first kappa shape index (κ1) is 14.2. The van der Waals surface area contributed by atoms with E-state index in [1.54, 1.807) is 0 Å². The molecule has 2 N–H and O–H groups in total. The topological polar surface area (TPSA) is 57.8 Å². The zero-order chi connectivity index (χ0) is 14.5. The molecule has 5 heteroatoms. The average Bonchev–Trinajstić information content (AvgIpc) is 3.25. The molecule has 110 valence electrons. The summed E-state index contributed by atoms with van der Waals surface area (Å²) >= 11 is 1.82. The van der Waals surface area contributed by atoms with E-state index in [-0.39, 0.29) is 5.91 Å². The lowest BCUT2D eigenvalue weighted by atomic mass is 10.2. The molecule has 0 unspecified atom stereocenters. The molecule has 1 heterocycles. The minimum atomic E-state index is -0.0848. The van der Waals surface area contributed by atoms with E-state index >= 15 is 0 Å². The highest BCUT2D eigenvalue weighted by Crippen LogP contribution is 2.38. The summed E-state index contributed by atoms with van der Waals surface area (Å²) in [6, 6.07) is 12.2. The summed E-state index contributed by atoms with van der Waals surface area (Å²) in [5, 5.41) is 9.95. The Hall–Kier alpha value is -1.75. The van der Waals surface area contributed by atoms with Crippen molar-refractivity contribution in [1.82, 2.24) is 15.5 Å². The summed E-state index contributed by atoms with van der Waals surface area (Å²) in [7, 11) is 0. The Labute approximate surface area is 128 Å². The van der Waals surface area contributed by atoms with Crippen molar-refractivity contribution < 1.29 is 4.79 Å². The Morgan fingerprint density at radius 1 is 1.33 bits per heavy atom. The highest BCUT2D eigenvalue weighted by atomic mass is 32.2. The Kier molecular flexibility index (Phi) is 4.60. The largest absolute Gasteiger partial charge is 0.350 e. The van der Waals surface area contributed by atoms with Gasteiger partial charge in [-0.25, -0.2) is 0 Å². The fraction of sp³-hybridized carbons (Fsp3) is 0.375. The molecule has 0 bridgehead atoms. The van der Waals surface area contributed by atoms with Gasteiger partial charge in [-0.3, -0.25) is 9.89 Å². The van der Waals surface area contributed by atoms with Crippen molar-refractivity contribution in [2.24, 2.45) is 0 Å². The molecule has 1 aliphatic carbocycles. The molecule has 0 radical (unpaired) electrons. The van der Waals surface area contributed by atoms with E-state index in [9.17, 15) is 4.79 Å². The van der Waals surface area contributed by atoms with E-state index in [1.165, 1.54) is 18.4 Å². The predicted octanol–water partition coefficient (Wildman–Crippen LogP) is 2.95. The molecule has 21 heavy (non-hydrogen) atoms. The van der Waals surface area contributed by atoms with Crippen molar-refractivity contribution >= 4 is 17.7 Å². The molecule has 1 amide bonds. The number of hydrogen-bond donors (Lipinski definition) is 2. The van der Waals surface area contributed by atoms with Gasteiger partial charge < -0.3 is 5.32 Å². The van der Waals surface area contributed by atoms with Gasteiger partial charge in [0.15, 0.2) is 0 Å². The third kappa shape index (κ3) is 4.11. The Morgan fingerprint density at radius 2 is 2.14 bits per heavy atom. The number of aromatic nitrogens is 2. The van der Waals surface area contributed by atoms with E-state index in [1.807, 2.05) is 36.0 Å². The van der Waals surface area contributed by atoms with Crippen LogP contribution in [0.1, 0.15) is 40.5 Å². The summed E-state index contributed by atoms with van der Waals surface area (Å²) in [6.07, 6.45) is 2.42. The molecule has 3 rings (SSSR count). The quantitative estimate of drug-likeness (QED) is 0.773. The standard InChI is InChI=1S/C16H19N3OS/c20-16(15-10-14(18-19-15)13-6-7-13)17-8-9-21-11-12-4-2-1-3-5-12/h1-5,10,13H,6-9,11H2,(H,17,20)(H,18,19). The lowest BCUT2D eigenvalue weighted by Gasteiger charge is -2.03. The van der Waals surface area contributed by atoms with Gasteiger partial charge in [0.1, 0.15) is 5.69 Å². The Bertz CT molecular complexity index is 593. The molecule has 0 atom stereocenters. The first-order valence-corrected chi connectivity index (χ1v) is 8.43. The van der Waals surface area contributed by atoms with Crippen LogP contribution in [0.15, 0.2) is 36.4 Å². The lowest BCUT2D eigenvalue weighted by molar-refractivity contribution is 0.0951. The minimum Gasteiger partial charge on any atom is -0.350 e.